The van der Waals surface area contributed by atoms with Gasteiger partial charge in [-0.05, 0) is 61.0 Å². The number of fused-ring (bicyclic) bond motifs is 3. The second kappa shape index (κ2) is 6.62. The van der Waals surface area contributed by atoms with Gasteiger partial charge in [-0.25, -0.2) is 14.3 Å². The van der Waals surface area contributed by atoms with Crippen LogP contribution < -0.4 is 0 Å². The van der Waals surface area contributed by atoms with Gasteiger partial charge in [0.2, 0.25) is 0 Å². The number of hydrogen-bond acceptors (Lipinski definition) is 7. The molecule has 0 spiro atoms. The van der Waals surface area contributed by atoms with E-state index in [0.29, 0.717) is 22.2 Å². The Morgan fingerprint density at radius 1 is 1.14 bits per heavy atom. The highest BCUT2D eigenvalue weighted by atomic mass is 16.6. The zero-order valence-electron chi connectivity index (χ0n) is 16.0. The van der Waals surface area contributed by atoms with Gasteiger partial charge in [0.15, 0.2) is 5.65 Å². The largest absolute Gasteiger partial charge is 0.443 e. The Bertz CT molecular complexity index is 1270. The maximum atomic E-state index is 12.9. The molecule has 0 unspecified atom stereocenters. The van der Waals surface area contributed by atoms with Crippen LogP contribution in [0, 0.1) is 10.1 Å². The first-order valence-corrected chi connectivity index (χ1v) is 8.84. The average molecular weight is 391 g/mol. The lowest BCUT2D eigenvalue weighted by Crippen LogP contribution is -2.27. The van der Waals surface area contributed by atoms with Crippen LogP contribution >= 0.6 is 0 Å². The Kier molecular flexibility index (Phi) is 4.22. The molecule has 0 saturated heterocycles. The molecule has 9 heteroatoms. The van der Waals surface area contributed by atoms with Crippen LogP contribution in [0.5, 0.6) is 0 Å². The van der Waals surface area contributed by atoms with Crippen LogP contribution in [-0.2, 0) is 4.74 Å². The van der Waals surface area contributed by atoms with Gasteiger partial charge in [0, 0.05) is 23.2 Å². The molecule has 0 radical (unpaired) electrons. The van der Waals surface area contributed by atoms with Crippen molar-refractivity contribution < 1.29 is 14.5 Å². The summed E-state index contributed by atoms with van der Waals surface area (Å²) in [5.74, 6) is -0.305. The van der Waals surface area contributed by atoms with Gasteiger partial charge in [0.05, 0.1) is 16.8 Å². The Hall–Kier alpha value is -3.88. The highest BCUT2D eigenvalue weighted by molar-refractivity contribution is 6.11. The van der Waals surface area contributed by atoms with E-state index in [1.807, 2.05) is 0 Å². The molecule has 4 rings (SSSR count). The van der Waals surface area contributed by atoms with Crippen LogP contribution in [0.1, 0.15) is 20.8 Å². The predicted octanol–water partition coefficient (Wildman–Crippen LogP) is 4.34. The number of hydrogen-bond donors (Lipinski definition) is 0. The van der Waals surface area contributed by atoms with Crippen molar-refractivity contribution >= 4 is 33.8 Å². The van der Waals surface area contributed by atoms with E-state index >= 15 is 0 Å². The van der Waals surface area contributed by atoms with Gasteiger partial charge in [0.25, 0.3) is 0 Å². The van der Waals surface area contributed by atoms with Crippen molar-refractivity contribution in [2.75, 3.05) is 0 Å². The van der Waals surface area contributed by atoms with E-state index < -0.39 is 16.6 Å². The number of rotatable bonds is 2. The fourth-order valence-corrected chi connectivity index (χ4v) is 3.12. The summed E-state index contributed by atoms with van der Waals surface area (Å²) in [7, 11) is 0. The van der Waals surface area contributed by atoms with Crippen LogP contribution in [0.4, 0.5) is 10.6 Å². The lowest BCUT2D eigenvalue weighted by Gasteiger charge is -2.20. The van der Waals surface area contributed by atoms with Crippen LogP contribution in [0.2, 0.25) is 0 Å². The summed E-state index contributed by atoms with van der Waals surface area (Å²) < 4.78 is 6.91. The lowest BCUT2D eigenvalue weighted by atomic mass is 10.1. The molecule has 0 N–H and O–H groups in total. The molecule has 0 atom stereocenters. The summed E-state index contributed by atoms with van der Waals surface area (Å²) in [5.41, 5.74) is 0.816. The maximum Gasteiger partial charge on any atom is 0.420 e. The van der Waals surface area contributed by atoms with Crippen molar-refractivity contribution in [1.29, 1.82) is 0 Å². The molecule has 0 amide bonds. The van der Waals surface area contributed by atoms with E-state index in [9.17, 15) is 14.9 Å². The van der Waals surface area contributed by atoms with E-state index in [2.05, 4.69) is 15.0 Å². The third kappa shape index (κ3) is 3.27. The van der Waals surface area contributed by atoms with E-state index in [4.69, 9.17) is 4.74 Å². The van der Waals surface area contributed by atoms with Crippen LogP contribution in [0.15, 0.2) is 48.9 Å². The fraction of sp³-hybridized carbons (Fsp3) is 0.200. The van der Waals surface area contributed by atoms with Crippen molar-refractivity contribution in [2.45, 2.75) is 26.4 Å². The van der Waals surface area contributed by atoms with Gasteiger partial charge in [0.1, 0.15) is 11.8 Å². The summed E-state index contributed by atoms with van der Waals surface area (Å²) in [4.78, 5) is 36.3. The molecule has 4 aromatic heterocycles. The SMILES string of the molecule is CC(C)(C)OC(=O)n1c2ccncc2c2ccc(-c3cccnc3[N+](=O)[O-])nc21. The van der Waals surface area contributed by atoms with Crippen molar-refractivity contribution in [3.05, 3.63) is 59.0 Å². The van der Waals surface area contributed by atoms with Gasteiger partial charge < -0.3 is 14.9 Å². The van der Waals surface area contributed by atoms with E-state index in [0.717, 1.165) is 5.39 Å². The lowest BCUT2D eigenvalue weighted by molar-refractivity contribution is -0.388. The predicted molar refractivity (Wildman–Crippen MR) is 107 cm³/mol. The zero-order chi connectivity index (χ0) is 20.8. The topological polar surface area (TPSA) is 113 Å². The number of pyridine rings is 3. The van der Waals surface area contributed by atoms with Crippen molar-refractivity contribution in [3.63, 3.8) is 0 Å². The Morgan fingerprint density at radius 3 is 2.66 bits per heavy atom. The first-order valence-electron chi connectivity index (χ1n) is 8.84. The molecule has 4 heterocycles. The zero-order valence-corrected chi connectivity index (χ0v) is 16.0. The van der Waals surface area contributed by atoms with Gasteiger partial charge in [-0.15, -0.1) is 0 Å². The highest BCUT2D eigenvalue weighted by Gasteiger charge is 2.24. The third-order valence-corrected chi connectivity index (χ3v) is 4.23. The summed E-state index contributed by atoms with van der Waals surface area (Å²) >= 11 is 0. The average Bonchev–Trinajstić information content (AvgIpc) is 3.00. The molecule has 4 aromatic rings. The summed E-state index contributed by atoms with van der Waals surface area (Å²) in [5, 5.41) is 12.8. The third-order valence-electron chi connectivity index (χ3n) is 4.23. The molecule has 0 aliphatic rings. The van der Waals surface area contributed by atoms with Crippen molar-refractivity contribution in [2.24, 2.45) is 0 Å². The second-order valence-corrected chi connectivity index (χ2v) is 7.41. The molecule has 29 heavy (non-hydrogen) atoms. The van der Waals surface area contributed by atoms with Crippen LogP contribution in [-0.4, -0.2) is 36.1 Å². The second-order valence-electron chi connectivity index (χ2n) is 7.41. The van der Waals surface area contributed by atoms with Gasteiger partial charge in [-0.2, -0.15) is 0 Å². The first-order chi connectivity index (χ1) is 13.8. The summed E-state index contributed by atoms with van der Waals surface area (Å²) in [6.07, 6.45) is 3.99. The monoisotopic (exact) mass is 391 g/mol. The maximum absolute atomic E-state index is 12.9. The number of nitrogens with zero attached hydrogens (tertiary/aromatic N) is 5. The fourth-order valence-electron chi connectivity index (χ4n) is 3.12. The van der Waals surface area contributed by atoms with Gasteiger partial charge in [-0.1, -0.05) is 0 Å². The van der Waals surface area contributed by atoms with E-state index in [1.54, 1.807) is 63.5 Å². The first kappa shape index (κ1) is 18.5. The molecule has 0 saturated carbocycles. The van der Waals surface area contributed by atoms with Crippen LogP contribution in [0.25, 0.3) is 33.2 Å². The molecule has 9 nitrogen and oxygen atoms in total. The minimum atomic E-state index is -0.702. The van der Waals surface area contributed by atoms with Crippen LogP contribution in [0.3, 0.4) is 0 Å². The number of carbonyl (C=O) groups is 1. The number of aromatic nitrogens is 4. The molecular formula is C20H17N5O4. The van der Waals surface area contributed by atoms with E-state index in [1.165, 1.54) is 10.8 Å². The molecule has 0 aromatic carbocycles. The van der Waals surface area contributed by atoms with E-state index in [-0.39, 0.29) is 11.4 Å². The normalized spacial score (nSPS) is 11.7. The number of ether oxygens (including phenoxy) is 1. The molecule has 0 fully saturated rings. The number of carbonyl (C=O) groups excluding carboxylic acids is 1. The quantitative estimate of drug-likeness (QED) is 0.369. The molecular weight excluding hydrogens is 374 g/mol. The van der Waals surface area contributed by atoms with Gasteiger partial charge >= 0.3 is 11.9 Å². The highest BCUT2D eigenvalue weighted by Crippen LogP contribution is 2.32. The minimum absolute atomic E-state index is 0.263. The minimum Gasteiger partial charge on any atom is -0.443 e. The molecule has 0 bridgehead atoms. The summed E-state index contributed by atoms with van der Waals surface area (Å²) in [6, 6.07) is 8.30. The number of nitro groups is 1. The molecule has 0 aliphatic heterocycles. The van der Waals surface area contributed by atoms with Crippen molar-refractivity contribution in [3.8, 4) is 11.3 Å². The molecule has 146 valence electrons. The Labute approximate surface area is 165 Å². The summed E-state index contributed by atoms with van der Waals surface area (Å²) in [6.45, 7) is 5.33. The Balaban J connectivity index is 2.00. The standard InChI is InChI=1S/C20H17N5O4/c1-20(2,3)29-19(26)24-16-8-10-21-11-14(16)12-6-7-15(23-18(12)24)13-5-4-9-22-17(13)25(27)28/h4-11H,1-3H3. The van der Waals surface area contributed by atoms with Gasteiger partial charge in [-0.3, -0.25) is 4.98 Å². The van der Waals surface area contributed by atoms with Crippen molar-refractivity contribution in [1.82, 2.24) is 19.5 Å². The smallest absolute Gasteiger partial charge is 0.420 e. The Morgan fingerprint density at radius 2 is 1.93 bits per heavy atom. The molecule has 0 aliphatic carbocycles.